The number of rotatable bonds is 50. The monoisotopic (exact) mass is 877 g/mol. The zero-order valence-electron chi connectivity index (χ0n) is 43.7. The summed E-state index contributed by atoms with van der Waals surface area (Å²) in [4.78, 5) is 23.9. The highest BCUT2D eigenvalue weighted by molar-refractivity contribution is 5.72. The maximum Gasteiger partial charge on any atom is 0.308 e. The van der Waals surface area contributed by atoms with E-state index in [9.17, 15) is 9.59 Å². The summed E-state index contributed by atoms with van der Waals surface area (Å²) in [6.07, 6.45) is 60.4. The molecule has 0 spiro atoms. The molecule has 0 aromatic heterocycles. The molecular weight excluding hydrogens is 761 g/mol. The van der Waals surface area contributed by atoms with Crippen LogP contribution in [0.25, 0.3) is 0 Å². The van der Waals surface area contributed by atoms with Gasteiger partial charge in [0, 0.05) is 6.42 Å². The summed E-state index contributed by atoms with van der Waals surface area (Å²) in [6, 6.07) is 0. The smallest absolute Gasteiger partial charge is 0.308 e. The molecule has 0 aliphatic carbocycles. The Labute approximate surface area is 391 Å². The highest BCUT2D eigenvalue weighted by Crippen LogP contribution is 2.18. The third-order valence-corrected chi connectivity index (χ3v) is 13.1. The maximum absolute atomic E-state index is 12.0. The number of carbonyl (C=O) groups is 2. The Morgan fingerprint density at radius 2 is 0.613 bits per heavy atom. The van der Waals surface area contributed by atoms with Gasteiger partial charge in [0.1, 0.15) is 0 Å². The minimum atomic E-state index is 0.0259. The van der Waals surface area contributed by atoms with Crippen LogP contribution in [0.15, 0.2) is 0 Å². The molecule has 4 heteroatoms. The van der Waals surface area contributed by atoms with Crippen LogP contribution in [0.3, 0.4) is 0 Å². The molecule has 62 heavy (non-hydrogen) atoms. The number of unbranched alkanes of at least 4 members (excludes halogenated alkanes) is 38. The van der Waals surface area contributed by atoms with Crippen LogP contribution >= 0.6 is 0 Å². The van der Waals surface area contributed by atoms with Gasteiger partial charge in [-0.25, -0.2) is 0 Å². The number of carbonyl (C=O) groups excluding carboxylic acids is 2. The van der Waals surface area contributed by atoms with Crippen molar-refractivity contribution in [1.29, 1.82) is 0 Å². The number of esters is 2. The predicted octanol–water partition coefficient (Wildman–Crippen LogP) is 20.4. The molecule has 0 aliphatic heterocycles. The van der Waals surface area contributed by atoms with Crippen molar-refractivity contribution in [3.8, 4) is 0 Å². The van der Waals surface area contributed by atoms with Gasteiger partial charge in [0.2, 0.25) is 0 Å². The average Bonchev–Trinajstić information content (AvgIpc) is 3.26. The van der Waals surface area contributed by atoms with E-state index in [1.54, 1.807) is 0 Å². The van der Waals surface area contributed by atoms with E-state index in [2.05, 4.69) is 41.5 Å². The molecule has 0 heterocycles. The fourth-order valence-corrected chi connectivity index (χ4v) is 8.67. The number of ether oxygens (including phenoxy) is 2. The van der Waals surface area contributed by atoms with Crippen molar-refractivity contribution in [3.63, 3.8) is 0 Å². The third-order valence-electron chi connectivity index (χ3n) is 13.1. The van der Waals surface area contributed by atoms with E-state index in [0.717, 1.165) is 50.9 Å². The first kappa shape index (κ1) is 63.0. The van der Waals surface area contributed by atoms with E-state index in [0.29, 0.717) is 19.6 Å². The van der Waals surface area contributed by atoms with Crippen LogP contribution in [0.2, 0.25) is 0 Å². The van der Waals surface area contributed by atoms with Crippen LogP contribution in [-0.2, 0) is 19.1 Å². The molecule has 1 atom stereocenters. The summed E-state index contributed by atoms with van der Waals surface area (Å²) in [5.41, 5.74) is 0. The number of hydrogen-bond acceptors (Lipinski definition) is 4. The zero-order valence-corrected chi connectivity index (χ0v) is 43.7. The standard InChI is InChI=1S/C34H68O2.C24H48O2/c1-4-5-6-7-8-9-10-12-16-19-22-25-28-31-34(35)36-32-29-26-23-20-17-14-11-13-15-18-21-24-27-30-33(2)3;1-4-7-9-10-11-12-13-14-15-16-17-18-19-20-22-26-24(25)23(6-3)21-8-5-2/h33H,4-32H2,1-3H3;23H,4-22H2,1-3H3. The van der Waals surface area contributed by atoms with E-state index < -0.39 is 0 Å². The van der Waals surface area contributed by atoms with Crippen molar-refractivity contribution < 1.29 is 19.1 Å². The minimum absolute atomic E-state index is 0.0259. The van der Waals surface area contributed by atoms with E-state index in [1.165, 1.54) is 244 Å². The van der Waals surface area contributed by atoms with Gasteiger partial charge in [-0.15, -0.1) is 0 Å². The van der Waals surface area contributed by atoms with Gasteiger partial charge in [0.05, 0.1) is 19.1 Å². The first-order valence-corrected chi connectivity index (χ1v) is 28.7. The molecule has 0 N–H and O–H groups in total. The highest BCUT2D eigenvalue weighted by Gasteiger charge is 2.17. The van der Waals surface area contributed by atoms with Crippen LogP contribution in [0.1, 0.15) is 337 Å². The lowest BCUT2D eigenvalue weighted by Gasteiger charge is -2.13. The molecule has 0 aliphatic rings. The summed E-state index contributed by atoms with van der Waals surface area (Å²) in [6.45, 7) is 14.7. The topological polar surface area (TPSA) is 52.6 Å². The Bertz CT molecular complexity index is 839. The first-order chi connectivity index (χ1) is 30.4. The molecule has 0 saturated heterocycles. The van der Waals surface area contributed by atoms with Gasteiger partial charge in [0.15, 0.2) is 0 Å². The molecule has 4 nitrogen and oxygen atoms in total. The molecule has 0 radical (unpaired) electrons. The summed E-state index contributed by atoms with van der Waals surface area (Å²) in [5.74, 6) is 1.06. The SMILES string of the molecule is CCCCCCCCCCCCCCCC(=O)OCCCCCCCCCCCCCCCC(C)C.CCCCCCCCCCCCCCCCOC(=O)C(CC)CCCC. The Morgan fingerprint density at radius 1 is 0.323 bits per heavy atom. The van der Waals surface area contributed by atoms with Crippen molar-refractivity contribution in [2.24, 2.45) is 11.8 Å². The molecular formula is C58H116O4. The van der Waals surface area contributed by atoms with Crippen molar-refractivity contribution in [3.05, 3.63) is 0 Å². The minimum Gasteiger partial charge on any atom is -0.466 e. The molecule has 0 bridgehead atoms. The largest absolute Gasteiger partial charge is 0.466 e. The van der Waals surface area contributed by atoms with Crippen LogP contribution in [0.4, 0.5) is 0 Å². The molecule has 0 fully saturated rings. The van der Waals surface area contributed by atoms with Crippen LogP contribution < -0.4 is 0 Å². The Morgan fingerprint density at radius 3 is 0.935 bits per heavy atom. The number of hydrogen-bond donors (Lipinski definition) is 0. The second kappa shape index (κ2) is 56.1. The van der Waals surface area contributed by atoms with Crippen molar-refractivity contribution >= 4 is 11.9 Å². The van der Waals surface area contributed by atoms with E-state index in [4.69, 9.17) is 9.47 Å². The van der Waals surface area contributed by atoms with Gasteiger partial charge >= 0.3 is 11.9 Å². The van der Waals surface area contributed by atoms with Crippen molar-refractivity contribution in [1.82, 2.24) is 0 Å². The van der Waals surface area contributed by atoms with Gasteiger partial charge in [-0.3, -0.25) is 9.59 Å². The first-order valence-electron chi connectivity index (χ1n) is 28.7. The molecule has 0 rings (SSSR count). The highest BCUT2D eigenvalue weighted by atomic mass is 16.5. The van der Waals surface area contributed by atoms with Crippen LogP contribution in [0.5, 0.6) is 0 Å². The molecule has 372 valence electrons. The van der Waals surface area contributed by atoms with Gasteiger partial charge in [-0.05, 0) is 38.0 Å². The fourth-order valence-electron chi connectivity index (χ4n) is 8.67. The van der Waals surface area contributed by atoms with Crippen molar-refractivity contribution in [2.75, 3.05) is 13.2 Å². The summed E-state index contributed by atoms with van der Waals surface area (Å²) < 4.78 is 10.9. The van der Waals surface area contributed by atoms with Crippen molar-refractivity contribution in [2.45, 2.75) is 337 Å². The third kappa shape index (κ3) is 55.1. The fraction of sp³-hybridized carbons (Fsp3) is 0.966. The quantitative estimate of drug-likeness (QED) is 0.0451. The predicted molar refractivity (Wildman–Crippen MR) is 275 cm³/mol. The van der Waals surface area contributed by atoms with Gasteiger partial charge in [-0.2, -0.15) is 0 Å². The molecule has 0 aromatic carbocycles. The molecule has 0 saturated carbocycles. The Hall–Kier alpha value is -1.06. The lowest BCUT2D eigenvalue weighted by atomic mass is 10.00. The normalized spacial score (nSPS) is 11.8. The van der Waals surface area contributed by atoms with Crippen LogP contribution in [0, 0.1) is 11.8 Å². The summed E-state index contributed by atoms with van der Waals surface area (Å²) in [7, 11) is 0. The maximum atomic E-state index is 12.0. The second-order valence-corrected chi connectivity index (χ2v) is 20.0. The summed E-state index contributed by atoms with van der Waals surface area (Å²) >= 11 is 0. The molecule has 0 aromatic rings. The Kier molecular flexibility index (Phi) is 57.0. The zero-order chi connectivity index (χ0) is 45.7. The lowest BCUT2D eigenvalue weighted by molar-refractivity contribution is -0.149. The summed E-state index contributed by atoms with van der Waals surface area (Å²) in [5, 5.41) is 0. The van der Waals surface area contributed by atoms with Gasteiger partial charge in [0.25, 0.3) is 0 Å². The van der Waals surface area contributed by atoms with Gasteiger partial charge < -0.3 is 9.47 Å². The van der Waals surface area contributed by atoms with E-state index in [1.807, 2.05) is 0 Å². The van der Waals surface area contributed by atoms with Crippen LogP contribution in [-0.4, -0.2) is 25.2 Å². The van der Waals surface area contributed by atoms with Gasteiger partial charge in [-0.1, -0.05) is 298 Å². The molecule has 0 amide bonds. The van der Waals surface area contributed by atoms with E-state index >= 15 is 0 Å². The second-order valence-electron chi connectivity index (χ2n) is 20.0. The lowest BCUT2D eigenvalue weighted by Crippen LogP contribution is -2.17. The Balaban J connectivity index is 0. The van der Waals surface area contributed by atoms with E-state index in [-0.39, 0.29) is 17.9 Å². The average molecular weight is 878 g/mol. The molecule has 1 unspecified atom stereocenters.